The molecule has 174 valence electrons. The van der Waals surface area contributed by atoms with E-state index in [1.54, 1.807) is 11.6 Å². The number of nitrogens with one attached hydrogen (secondary N) is 1. The quantitative estimate of drug-likeness (QED) is 0.538. The molecule has 1 aromatic heterocycles. The Kier molecular flexibility index (Phi) is 7.09. The smallest absolute Gasteiger partial charge is 0.244 e. The summed E-state index contributed by atoms with van der Waals surface area (Å²) in [6, 6.07) is 14.4. The molecule has 0 spiro atoms. The van der Waals surface area contributed by atoms with Gasteiger partial charge >= 0.3 is 0 Å². The first-order valence-corrected chi connectivity index (χ1v) is 12.8. The number of nitrogens with zero attached hydrogens (tertiary/aromatic N) is 3. The number of rotatable bonds is 6. The van der Waals surface area contributed by atoms with Crippen molar-refractivity contribution in [3.05, 3.63) is 76.0 Å². The van der Waals surface area contributed by atoms with E-state index in [1.165, 1.54) is 28.6 Å². The summed E-state index contributed by atoms with van der Waals surface area (Å²) in [7, 11) is -4.04. The number of aryl methyl sites for hydroxylation is 1. The lowest BCUT2D eigenvalue weighted by atomic mass is 10.1. The molecular weight excluding hydrogens is 483 g/mol. The summed E-state index contributed by atoms with van der Waals surface area (Å²) in [5.74, 6) is -0.311. The molecule has 1 saturated heterocycles. The van der Waals surface area contributed by atoms with Crippen molar-refractivity contribution in [2.75, 3.05) is 6.54 Å². The van der Waals surface area contributed by atoms with Gasteiger partial charge in [-0.1, -0.05) is 41.4 Å². The molecule has 1 N–H and O–H groups in total. The third-order valence-electron chi connectivity index (χ3n) is 5.71. The van der Waals surface area contributed by atoms with E-state index in [0.717, 1.165) is 18.5 Å². The van der Waals surface area contributed by atoms with Crippen LogP contribution >= 0.6 is 23.2 Å². The number of halogens is 2. The van der Waals surface area contributed by atoms with Crippen molar-refractivity contribution in [2.45, 2.75) is 43.7 Å². The standard InChI is InChI=1S/C23H24Cl2N4O3S/c1-16-20(22(25)29(27-16)18-7-3-2-4-8-18)15-28(21-9-5-6-14-26-23(21)30)33(31,32)19-12-10-17(24)11-13-19/h2-4,7-8,10-13,21H,5-6,9,14-15H2,1H3,(H,26,30). The van der Waals surface area contributed by atoms with Crippen LogP contribution in [0, 0.1) is 6.92 Å². The maximum atomic E-state index is 13.7. The largest absolute Gasteiger partial charge is 0.355 e. The van der Waals surface area contributed by atoms with Crippen LogP contribution in [0.5, 0.6) is 0 Å². The van der Waals surface area contributed by atoms with E-state index in [4.69, 9.17) is 23.2 Å². The van der Waals surface area contributed by atoms with E-state index in [1.807, 2.05) is 30.3 Å². The van der Waals surface area contributed by atoms with Gasteiger partial charge in [0.25, 0.3) is 0 Å². The SMILES string of the molecule is Cc1nn(-c2ccccc2)c(Cl)c1CN(C1CCCCNC1=O)S(=O)(=O)c1ccc(Cl)cc1. The minimum Gasteiger partial charge on any atom is -0.355 e. The molecule has 2 aromatic carbocycles. The van der Waals surface area contributed by atoms with Gasteiger partial charge in [-0.3, -0.25) is 4.79 Å². The Morgan fingerprint density at radius 2 is 1.79 bits per heavy atom. The molecular formula is C23H24Cl2N4O3S. The van der Waals surface area contributed by atoms with Gasteiger partial charge in [-0.15, -0.1) is 0 Å². The maximum absolute atomic E-state index is 13.7. The van der Waals surface area contributed by atoms with Gasteiger partial charge in [0.15, 0.2) is 0 Å². The van der Waals surface area contributed by atoms with Gasteiger partial charge in [-0.2, -0.15) is 9.40 Å². The Labute approximate surface area is 203 Å². The lowest BCUT2D eigenvalue weighted by Gasteiger charge is -2.29. The highest BCUT2D eigenvalue weighted by molar-refractivity contribution is 7.89. The van der Waals surface area contributed by atoms with Crippen molar-refractivity contribution in [1.29, 1.82) is 0 Å². The fourth-order valence-corrected chi connectivity index (χ4v) is 5.95. The van der Waals surface area contributed by atoms with E-state index in [-0.39, 0.29) is 17.3 Å². The third kappa shape index (κ3) is 4.94. The van der Waals surface area contributed by atoms with Gasteiger partial charge in [0.2, 0.25) is 15.9 Å². The zero-order valence-corrected chi connectivity index (χ0v) is 20.4. The first-order chi connectivity index (χ1) is 15.8. The van der Waals surface area contributed by atoms with Crippen molar-refractivity contribution in [1.82, 2.24) is 19.4 Å². The Morgan fingerprint density at radius 3 is 2.48 bits per heavy atom. The van der Waals surface area contributed by atoms with Crippen molar-refractivity contribution >= 4 is 39.1 Å². The van der Waals surface area contributed by atoms with Gasteiger partial charge in [-0.25, -0.2) is 13.1 Å². The van der Waals surface area contributed by atoms with Gasteiger partial charge in [0.05, 0.1) is 16.3 Å². The van der Waals surface area contributed by atoms with Crippen LogP contribution < -0.4 is 5.32 Å². The van der Waals surface area contributed by atoms with Crippen LogP contribution in [0.4, 0.5) is 0 Å². The summed E-state index contributed by atoms with van der Waals surface area (Å²) in [5.41, 5.74) is 1.90. The predicted octanol–water partition coefficient (Wildman–Crippen LogP) is 4.35. The zero-order valence-electron chi connectivity index (χ0n) is 18.0. The molecule has 2 heterocycles. The number of hydrogen-bond acceptors (Lipinski definition) is 4. The fraction of sp³-hybridized carbons (Fsp3) is 0.304. The second-order valence-electron chi connectivity index (χ2n) is 7.91. The van der Waals surface area contributed by atoms with Crippen LogP contribution in [0.1, 0.15) is 30.5 Å². The lowest BCUT2D eigenvalue weighted by molar-refractivity contribution is -0.124. The number of para-hydroxylation sites is 1. The molecule has 1 amide bonds. The second kappa shape index (κ2) is 9.85. The van der Waals surface area contributed by atoms with Crippen LogP contribution in [0.3, 0.4) is 0 Å². The summed E-state index contributed by atoms with van der Waals surface area (Å²) in [4.78, 5) is 12.9. The molecule has 33 heavy (non-hydrogen) atoms. The van der Waals surface area contributed by atoms with Gasteiger partial charge in [0, 0.05) is 23.7 Å². The number of benzene rings is 2. The number of carbonyl (C=O) groups excluding carboxylic acids is 1. The Balaban J connectivity index is 1.78. The van der Waals surface area contributed by atoms with Crippen molar-refractivity contribution in [3.8, 4) is 5.69 Å². The van der Waals surface area contributed by atoms with E-state index in [0.29, 0.717) is 34.4 Å². The van der Waals surface area contributed by atoms with Gasteiger partial charge in [-0.05, 0) is 62.6 Å². The van der Waals surface area contributed by atoms with E-state index in [2.05, 4.69) is 10.4 Å². The Bertz CT molecular complexity index is 1240. The van der Waals surface area contributed by atoms with E-state index < -0.39 is 16.1 Å². The molecule has 0 radical (unpaired) electrons. The predicted molar refractivity (Wildman–Crippen MR) is 128 cm³/mol. The molecule has 1 aliphatic heterocycles. The molecule has 1 atom stereocenters. The summed E-state index contributed by atoms with van der Waals surface area (Å²) >= 11 is 12.7. The molecule has 1 fully saturated rings. The van der Waals surface area contributed by atoms with Crippen LogP contribution in [0.2, 0.25) is 10.2 Å². The van der Waals surface area contributed by atoms with Gasteiger partial charge in [0.1, 0.15) is 11.2 Å². The normalized spacial score (nSPS) is 17.1. The van der Waals surface area contributed by atoms with E-state index in [9.17, 15) is 13.2 Å². The number of amides is 1. The molecule has 0 bridgehead atoms. The van der Waals surface area contributed by atoms with Crippen LogP contribution in [0.25, 0.3) is 5.69 Å². The number of hydrogen-bond donors (Lipinski definition) is 1. The Morgan fingerprint density at radius 1 is 1.09 bits per heavy atom. The molecule has 7 nitrogen and oxygen atoms in total. The minimum atomic E-state index is -4.04. The third-order valence-corrected chi connectivity index (χ3v) is 8.22. The van der Waals surface area contributed by atoms with Crippen molar-refractivity contribution < 1.29 is 13.2 Å². The summed E-state index contributed by atoms with van der Waals surface area (Å²) < 4.78 is 30.3. The zero-order chi connectivity index (χ0) is 23.6. The molecule has 3 aromatic rings. The topological polar surface area (TPSA) is 84.3 Å². The summed E-state index contributed by atoms with van der Waals surface area (Å²) in [6.45, 7) is 2.22. The molecule has 10 heteroatoms. The van der Waals surface area contributed by atoms with Crippen LogP contribution in [-0.4, -0.2) is 41.0 Å². The van der Waals surface area contributed by atoms with Crippen molar-refractivity contribution in [3.63, 3.8) is 0 Å². The highest BCUT2D eigenvalue weighted by Crippen LogP contribution is 2.30. The molecule has 0 saturated carbocycles. The molecule has 0 aliphatic carbocycles. The number of carbonyl (C=O) groups is 1. The Hall–Kier alpha value is -2.39. The molecule has 1 aliphatic rings. The molecule has 1 unspecified atom stereocenters. The number of sulfonamides is 1. The van der Waals surface area contributed by atoms with Crippen LogP contribution in [0.15, 0.2) is 59.5 Å². The molecule has 4 rings (SSSR count). The first kappa shape index (κ1) is 23.8. The average molecular weight is 507 g/mol. The summed E-state index contributed by atoms with van der Waals surface area (Å²) in [5, 5.41) is 8.10. The minimum absolute atomic E-state index is 0.0631. The lowest BCUT2D eigenvalue weighted by Crippen LogP contribution is -2.48. The van der Waals surface area contributed by atoms with Crippen LogP contribution in [-0.2, 0) is 21.4 Å². The fourth-order valence-electron chi connectivity index (χ4n) is 3.91. The monoisotopic (exact) mass is 506 g/mol. The first-order valence-electron chi connectivity index (χ1n) is 10.6. The van der Waals surface area contributed by atoms with Gasteiger partial charge < -0.3 is 5.32 Å². The number of aromatic nitrogens is 2. The maximum Gasteiger partial charge on any atom is 0.244 e. The van der Waals surface area contributed by atoms with Crippen molar-refractivity contribution in [2.24, 2.45) is 0 Å². The van der Waals surface area contributed by atoms with E-state index >= 15 is 0 Å². The average Bonchev–Trinajstić information content (AvgIpc) is 2.94. The highest BCUT2D eigenvalue weighted by atomic mass is 35.5. The highest BCUT2D eigenvalue weighted by Gasteiger charge is 2.37. The summed E-state index contributed by atoms with van der Waals surface area (Å²) in [6.07, 6.45) is 1.94. The second-order valence-corrected chi connectivity index (χ2v) is 10.6.